The Hall–Kier alpha value is -1.62. The predicted octanol–water partition coefficient (Wildman–Crippen LogP) is 3.08. The fraction of sp³-hybridized carbons (Fsp3) is 0.286. The summed E-state index contributed by atoms with van der Waals surface area (Å²) in [6.45, 7) is 2.70. The Morgan fingerprint density at radius 2 is 2.32 bits per heavy atom. The minimum absolute atomic E-state index is 0.436. The summed E-state index contributed by atoms with van der Waals surface area (Å²) >= 11 is 3.40. The zero-order valence-corrected chi connectivity index (χ0v) is 12.2. The van der Waals surface area contributed by atoms with Crippen molar-refractivity contribution >= 4 is 21.9 Å². The summed E-state index contributed by atoms with van der Waals surface area (Å²) in [7, 11) is 0. The van der Waals surface area contributed by atoms with Gasteiger partial charge in [-0.25, -0.2) is 4.98 Å². The fourth-order valence-electron chi connectivity index (χ4n) is 2.09. The van der Waals surface area contributed by atoms with Crippen molar-refractivity contribution in [3.05, 3.63) is 52.5 Å². The van der Waals surface area contributed by atoms with Crippen molar-refractivity contribution in [2.45, 2.75) is 25.8 Å². The first-order valence-electron chi connectivity index (χ1n) is 6.10. The maximum absolute atomic E-state index is 11.5. The summed E-state index contributed by atoms with van der Waals surface area (Å²) < 4.78 is 2.82. The monoisotopic (exact) mass is 322 g/mol. The number of hydrogen-bond acceptors (Lipinski definition) is 2. The molecule has 0 aliphatic heterocycles. The van der Waals surface area contributed by atoms with E-state index in [9.17, 15) is 9.90 Å². The third-order valence-corrected chi connectivity index (χ3v) is 3.52. The Bertz CT molecular complexity index is 580. The molecule has 0 fully saturated rings. The maximum Gasteiger partial charge on any atom is 0.314 e. The molecule has 0 aliphatic rings. The quantitative estimate of drug-likeness (QED) is 0.920. The minimum Gasteiger partial charge on any atom is -0.481 e. The molecule has 0 aliphatic carbocycles. The van der Waals surface area contributed by atoms with E-state index in [1.165, 1.54) is 0 Å². The average molecular weight is 323 g/mol. The first-order valence-corrected chi connectivity index (χ1v) is 6.89. The molecule has 1 aromatic carbocycles. The molecule has 0 bridgehead atoms. The second kappa shape index (κ2) is 6.02. The van der Waals surface area contributed by atoms with Crippen LogP contribution in [0, 0.1) is 0 Å². The van der Waals surface area contributed by atoms with Gasteiger partial charge < -0.3 is 9.67 Å². The molecule has 4 nitrogen and oxygen atoms in total. The molecule has 5 heteroatoms. The zero-order valence-electron chi connectivity index (χ0n) is 10.6. The Morgan fingerprint density at radius 1 is 1.53 bits per heavy atom. The molecule has 2 rings (SSSR count). The number of halogens is 1. The second-order valence-corrected chi connectivity index (χ2v) is 5.21. The molecule has 1 heterocycles. The van der Waals surface area contributed by atoms with Crippen molar-refractivity contribution in [3.63, 3.8) is 0 Å². The Balaban J connectivity index is 2.29. The fourth-order valence-corrected chi connectivity index (χ4v) is 2.53. The maximum atomic E-state index is 11.5. The van der Waals surface area contributed by atoms with Crippen LogP contribution in [-0.4, -0.2) is 20.6 Å². The van der Waals surface area contributed by atoms with Crippen LogP contribution in [-0.2, 0) is 17.8 Å². The molecule has 100 valence electrons. The van der Waals surface area contributed by atoms with Gasteiger partial charge in [0.2, 0.25) is 0 Å². The van der Waals surface area contributed by atoms with Gasteiger partial charge in [0.15, 0.2) is 0 Å². The third-order valence-electron chi connectivity index (χ3n) is 3.03. The van der Waals surface area contributed by atoms with E-state index in [1.54, 1.807) is 6.20 Å². The van der Waals surface area contributed by atoms with Gasteiger partial charge in [-0.3, -0.25) is 4.79 Å². The van der Waals surface area contributed by atoms with E-state index in [4.69, 9.17) is 0 Å². The number of nitrogens with zero attached hydrogens (tertiary/aromatic N) is 2. The first-order chi connectivity index (χ1) is 9.11. The Labute approximate surface area is 120 Å². The van der Waals surface area contributed by atoms with Gasteiger partial charge in [-0.15, -0.1) is 0 Å². The van der Waals surface area contributed by atoms with Crippen molar-refractivity contribution in [1.29, 1.82) is 0 Å². The lowest BCUT2D eigenvalue weighted by atomic mass is 9.98. The van der Waals surface area contributed by atoms with E-state index < -0.39 is 11.9 Å². The Morgan fingerprint density at radius 3 is 2.95 bits per heavy atom. The van der Waals surface area contributed by atoms with Crippen LogP contribution >= 0.6 is 15.9 Å². The number of aliphatic carboxylic acids is 1. The lowest BCUT2D eigenvalue weighted by Gasteiger charge is -2.14. The van der Waals surface area contributed by atoms with Crippen LogP contribution in [0.1, 0.15) is 24.2 Å². The number of imidazole rings is 1. The molecule has 1 atom stereocenters. The number of carboxylic acids is 1. The summed E-state index contributed by atoms with van der Waals surface area (Å²) in [4.78, 5) is 15.7. The van der Waals surface area contributed by atoms with Crippen molar-refractivity contribution < 1.29 is 9.90 Å². The summed E-state index contributed by atoms with van der Waals surface area (Å²) in [6.07, 6.45) is 3.90. The van der Waals surface area contributed by atoms with Gasteiger partial charge in [-0.2, -0.15) is 0 Å². The van der Waals surface area contributed by atoms with Crippen LogP contribution in [0.2, 0.25) is 0 Å². The third kappa shape index (κ3) is 3.23. The van der Waals surface area contributed by atoms with Crippen molar-refractivity contribution in [2.75, 3.05) is 0 Å². The van der Waals surface area contributed by atoms with Crippen LogP contribution in [0.4, 0.5) is 0 Å². The number of rotatable bonds is 5. The van der Waals surface area contributed by atoms with Gasteiger partial charge in [0.1, 0.15) is 11.7 Å². The molecule has 2 aromatic rings. The largest absolute Gasteiger partial charge is 0.481 e. The summed E-state index contributed by atoms with van der Waals surface area (Å²) in [5.41, 5.74) is 0.979. The van der Waals surface area contributed by atoms with Crippen LogP contribution in [0.25, 0.3) is 0 Å². The van der Waals surface area contributed by atoms with Gasteiger partial charge in [0.25, 0.3) is 0 Å². The molecule has 0 saturated heterocycles. The first kappa shape index (κ1) is 13.8. The number of hydrogen-bond donors (Lipinski definition) is 1. The van der Waals surface area contributed by atoms with E-state index in [-0.39, 0.29) is 0 Å². The van der Waals surface area contributed by atoms with E-state index in [1.807, 2.05) is 42.0 Å². The predicted molar refractivity (Wildman–Crippen MR) is 76.1 cm³/mol. The molecule has 0 radical (unpaired) electrons. The van der Waals surface area contributed by atoms with Crippen molar-refractivity contribution in [2.24, 2.45) is 0 Å². The molecular formula is C14H15BrN2O2. The highest BCUT2D eigenvalue weighted by atomic mass is 79.9. The minimum atomic E-state index is -0.846. The lowest BCUT2D eigenvalue weighted by molar-refractivity contribution is -0.139. The van der Waals surface area contributed by atoms with E-state index in [0.717, 1.165) is 16.6 Å². The van der Waals surface area contributed by atoms with Crippen LogP contribution < -0.4 is 0 Å². The normalized spacial score (nSPS) is 12.3. The molecule has 0 saturated carbocycles. The SMILES string of the molecule is CCn1ccnc1C(Cc1cccc(Br)c1)C(=O)O. The number of benzene rings is 1. The molecule has 1 unspecified atom stereocenters. The summed E-state index contributed by atoms with van der Waals surface area (Å²) in [5.74, 6) is -0.861. The van der Waals surface area contributed by atoms with Crippen molar-refractivity contribution in [1.82, 2.24) is 9.55 Å². The highest BCUT2D eigenvalue weighted by Crippen LogP contribution is 2.22. The van der Waals surface area contributed by atoms with Crippen LogP contribution in [0.3, 0.4) is 0 Å². The highest BCUT2D eigenvalue weighted by Gasteiger charge is 2.24. The van der Waals surface area contributed by atoms with Gasteiger partial charge in [-0.05, 0) is 31.0 Å². The second-order valence-electron chi connectivity index (χ2n) is 4.30. The number of carboxylic acid groups (broad SMARTS) is 1. The molecule has 1 aromatic heterocycles. The van der Waals surface area contributed by atoms with E-state index in [2.05, 4.69) is 20.9 Å². The smallest absolute Gasteiger partial charge is 0.314 e. The topological polar surface area (TPSA) is 55.1 Å². The molecule has 19 heavy (non-hydrogen) atoms. The standard InChI is InChI=1S/C14H15BrN2O2/c1-2-17-7-6-16-13(17)12(14(18)19)9-10-4-3-5-11(15)8-10/h3-8,12H,2,9H2,1H3,(H,18,19). The van der Waals surface area contributed by atoms with Crippen molar-refractivity contribution in [3.8, 4) is 0 Å². The lowest BCUT2D eigenvalue weighted by Crippen LogP contribution is -2.19. The van der Waals surface area contributed by atoms with E-state index >= 15 is 0 Å². The summed E-state index contributed by atoms with van der Waals surface area (Å²) in [5, 5.41) is 9.43. The molecule has 0 amide bonds. The zero-order chi connectivity index (χ0) is 13.8. The average Bonchev–Trinajstić information content (AvgIpc) is 2.83. The van der Waals surface area contributed by atoms with Gasteiger partial charge in [0.05, 0.1) is 0 Å². The van der Waals surface area contributed by atoms with Crippen LogP contribution in [0.15, 0.2) is 41.1 Å². The number of aryl methyl sites for hydroxylation is 1. The summed E-state index contributed by atoms with van der Waals surface area (Å²) in [6, 6.07) is 7.70. The molecule has 0 spiro atoms. The van der Waals surface area contributed by atoms with E-state index in [0.29, 0.717) is 12.2 Å². The molecule has 1 N–H and O–H groups in total. The Kier molecular flexibility index (Phi) is 4.37. The van der Waals surface area contributed by atoms with Crippen LogP contribution in [0.5, 0.6) is 0 Å². The number of carbonyl (C=O) groups is 1. The molecular weight excluding hydrogens is 308 g/mol. The van der Waals surface area contributed by atoms with Gasteiger partial charge >= 0.3 is 5.97 Å². The van der Waals surface area contributed by atoms with Gasteiger partial charge in [0, 0.05) is 23.4 Å². The van der Waals surface area contributed by atoms with Gasteiger partial charge in [-0.1, -0.05) is 28.1 Å². The highest BCUT2D eigenvalue weighted by molar-refractivity contribution is 9.10. The number of aromatic nitrogens is 2.